The number of anilines is 1. The van der Waals surface area contributed by atoms with Crippen molar-refractivity contribution < 1.29 is 9.59 Å². The number of carbonyl (C=O) groups excluding carboxylic acids is 2. The molecule has 2 aromatic carbocycles. The van der Waals surface area contributed by atoms with Crippen molar-refractivity contribution in [1.29, 1.82) is 5.26 Å². The van der Waals surface area contributed by atoms with Crippen LogP contribution in [0.2, 0.25) is 5.02 Å². The standard InChI is InChI=1S/C25H24ClN3O2S2/c26-20-13-11-19(12-14-20)18-22-24(31)29(25(32)33-22)16-6-2-5-10-23(30)28(17-7-15-27)21-8-3-1-4-9-21/h1,3-4,8-9,11-14,18H,2,5-7,10,16-17H2/b22-18-. The van der Waals surface area contributed by atoms with Gasteiger partial charge in [0.05, 0.1) is 17.4 Å². The number of unbranched alkanes of at least 4 members (excludes halogenated alkanes) is 2. The molecule has 0 unspecified atom stereocenters. The van der Waals surface area contributed by atoms with Gasteiger partial charge in [0.2, 0.25) is 5.91 Å². The highest BCUT2D eigenvalue weighted by molar-refractivity contribution is 8.26. The van der Waals surface area contributed by atoms with E-state index in [4.69, 9.17) is 29.1 Å². The zero-order valence-corrected chi connectivity index (χ0v) is 20.5. The fraction of sp³-hybridized carbons (Fsp3) is 0.280. The normalized spacial score (nSPS) is 14.5. The van der Waals surface area contributed by atoms with Crippen LogP contribution in [-0.4, -0.2) is 34.1 Å². The van der Waals surface area contributed by atoms with Crippen LogP contribution in [0.3, 0.4) is 0 Å². The van der Waals surface area contributed by atoms with E-state index in [-0.39, 0.29) is 11.8 Å². The van der Waals surface area contributed by atoms with E-state index in [1.807, 2.05) is 48.5 Å². The Morgan fingerprint density at radius 2 is 1.85 bits per heavy atom. The van der Waals surface area contributed by atoms with E-state index >= 15 is 0 Å². The molecule has 1 aliphatic rings. The Kier molecular flexibility index (Phi) is 9.49. The van der Waals surface area contributed by atoms with Crippen molar-refractivity contribution >= 4 is 63.5 Å². The van der Waals surface area contributed by atoms with Gasteiger partial charge in [0, 0.05) is 30.2 Å². The van der Waals surface area contributed by atoms with Crippen molar-refractivity contribution in [3.8, 4) is 6.07 Å². The van der Waals surface area contributed by atoms with Crippen molar-refractivity contribution in [2.45, 2.75) is 32.1 Å². The quantitative estimate of drug-likeness (QED) is 0.227. The Morgan fingerprint density at radius 1 is 1.12 bits per heavy atom. The predicted molar refractivity (Wildman–Crippen MR) is 139 cm³/mol. The lowest BCUT2D eigenvalue weighted by molar-refractivity contribution is -0.122. The molecule has 2 aromatic rings. The number of rotatable bonds is 10. The molecule has 1 heterocycles. The summed E-state index contributed by atoms with van der Waals surface area (Å²) in [5.41, 5.74) is 1.71. The van der Waals surface area contributed by atoms with E-state index in [1.165, 1.54) is 11.8 Å². The van der Waals surface area contributed by atoms with Gasteiger partial charge in [-0.1, -0.05) is 72.3 Å². The number of benzene rings is 2. The van der Waals surface area contributed by atoms with Gasteiger partial charge in [-0.15, -0.1) is 0 Å². The summed E-state index contributed by atoms with van der Waals surface area (Å²) < 4.78 is 0.558. The highest BCUT2D eigenvalue weighted by Gasteiger charge is 2.31. The lowest BCUT2D eigenvalue weighted by atomic mass is 10.1. The molecule has 2 amide bonds. The molecule has 0 N–H and O–H groups in total. The molecule has 170 valence electrons. The van der Waals surface area contributed by atoms with Crippen molar-refractivity contribution in [1.82, 2.24) is 4.90 Å². The molecule has 8 heteroatoms. The number of carbonyl (C=O) groups is 2. The van der Waals surface area contributed by atoms with Gasteiger partial charge in [-0.25, -0.2) is 0 Å². The van der Waals surface area contributed by atoms with Gasteiger partial charge < -0.3 is 4.90 Å². The van der Waals surface area contributed by atoms with Crippen LogP contribution in [0.1, 0.15) is 37.7 Å². The lowest BCUT2D eigenvalue weighted by Gasteiger charge is -2.22. The Hall–Kier alpha value is -2.66. The molecule has 0 atom stereocenters. The summed E-state index contributed by atoms with van der Waals surface area (Å²) >= 11 is 12.6. The summed E-state index contributed by atoms with van der Waals surface area (Å²) in [4.78, 5) is 29.4. The van der Waals surface area contributed by atoms with E-state index in [1.54, 1.807) is 21.9 Å². The van der Waals surface area contributed by atoms with Gasteiger partial charge in [0.25, 0.3) is 5.91 Å². The van der Waals surface area contributed by atoms with Crippen LogP contribution >= 0.6 is 35.6 Å². The van der Waals surface area contributed by atoms with Crippen LogP contribution in [-0.2, 0) is 9.59 Å². The topological polar surface area (TPSA) is 64.4 Å². The zero-order valence-electron chi connectivity index (χ0n) is 18.1. The minimum absolute atomic E-state index is 0.00737. The number of thioether (sulfide) groups is 1. The number of para-hydroxylation sites is 1. The smallest absolute Gasteiger partial charge is 0.266 e. The van der Waals surface area contributed by atoms with Gasteiger partial charge in [0.1, 0.15) is 4.32 Å². The molecule has 0 spiro atoms. The Labute approximate surface area is 209 Å². The third-order valence-electron chi connectivity index (χ3n) is 5.13. The maximum Gasteiger partial charge on any atom is 0.266 e. The Morgan fingerprint density at radius 3 is 2.55 bits per heavy atom. The van der Waals surface area contributed by atoms with Crippen molar-refractivity contribution in [2.75, 3.05) is 18.0 Å². The molecule has 0 radical (unpaired) electrons. The number of hydrogen-bond donors (Lipinski definition) is 0. The summed E-state index contributed by atoms with van der Waals surface area (Å²) in [7, 11) is 0. The second-order valence-corrected chi connectivity index (χ2v) is 9.60. The first-order valence-electron chi connectivity index (χ1n) is 10.7. The zero-order chi connectivity index (χ0) is 23.6. The van der Waals surface area contributed by atoms with E-state index in [0.29, 0.717) is 46.6 Å². The average Bonchev–Trinajstić information content (AvgIpc) is 3.08. The largest absolute Gasteiger partial charge is 0.311 e. The first kappa shape index (κ1) is 25.0. The summed E-state index contributed by atoms with van der Waals surface area (Å²) in [5, 5.41) is 9.56. The molecule has 1 saturated heterocycles. The third kappa shape index (κ3) is 7.16. The van der Waals surface area contributed by atoms with Crippen LogP contribution in [0, 0.1) is 11.3 Å². The lowest BCUT2D eigenvalue weighted by Crippen LogP contribution is -2.31. The van der Waals surface area contributed by atoms with Crippen LogP contribution in [0.25, 0.3) is 6.08 Å². The van der Waals surface area contributed by atoms with Gasteiger partial charge in [0.15, 0.2) is 0 Å². The Bertz CT molecular complexity index is 1070. The SMILES string of the molecule is N#CCCN(C(=O)CCCCCN1C(=O)/C(=C/c2ccc(Cl)cc2)SC1=S)c1ccccc1. The highest BCUT2D eigenvalue weighted by atomic mass is 35.5. The van der Waals surface area contributed by atoms with Crippen LogP contribution < -0.4 is 4.90 Å². The van der Waals surface area contributed by atoms with E-state index in [2.05, 4.69) is 6.07 Å². The fourth-order valence-corrected chi connectivity index (χ4v) is 4.86. The first-order valence-corrected chi connectivity index (χ1v) is 12.3. The van der Waals surface area contributed by atoms with Crippen molar-refractivity contribution in [3.63, 3.8) is 0 Å². The maximum atomic E-state index is 12.7. The van der Waals surface area contributed by atoms with Crippen LogP contribution in [0.5, 0.6) is 0 Å². The second kappa shape index (κ2) is 12.5. The monoisotopic (exact) mass is 497 g/mol. The minimum atomic E-state index is -0.0808. The molecular weight excluding hydrogens is 474 g/mol. The number of hydrogen-bond acceptors (Lipinski definition) is 5. The molecule has 0 aliphatic carbocycles. The molecule has 0 aromatic heterocycles. The summed E-state index contributed by atoms with van der Waals surface area (Å²) in [6.45, 7) is 0.920. The molecule has 0 saturated carbocycles. The summed E-state index contributed by atoms with van der Waals surface area (Å²) in [5.74, 6) is -0.0734. The molecule has 5 nitrogen and oxygen atoms in total. The molecule has 33 heavy (non-hydrogen) atoms. The van der Waals surface area contributed by atoms with Crippen LogP contribution in [0.15, 0.2) is 59.5 Å². The first-order chi connectivity index (χ1) is 16.0. The number of amides is 2. The minimum Gasteiger partial charge on any atom is -0.311 e. The second-order valence-electron chi connectivity index (χ2n) is 7.48. The number of halogens is 1. The molecular formula is C25H24ClN3O2S2. The van der Waals surface area contributed by atoms with Gasteiger partial charge in [-0.2, -0.15) is 5.26 Å². The van der Waals surface area contributed by atoms with E-state index in [0.717, 1.165) is 24.1 Å². The summed E-state index contributed by atoms with van der Waals surface area (Å²) in [6, 6.07) is 18.8. The third-order valence-corrected chi connectivity index (χ3v) is 6.76. The maximum absolute atomic E-state index is 12.7. The van der Waals surface area contributed by atoms with Gasteiger partial charge in [-0.3, -0.25) is 14.5 Å². The molecule has 1 aliphatic heterocycles. The van der Waals surface area contributed by atoms with Gasteiger partial charge in [-0.05, 0) is 48.7 Å². The number of thiocarbonyl (C=S) groups is 1. The van der Waals surface area contributed by atoms with Gasteiger partial charge >= 0.3 is 0 Å². The van der Waals surface area contributed by atoms with Crippen molar-refractivity contribution in [2.24, 2.45) is 0 Å². The molecule has 0 bridgehead atoms. The number of nitrogens with zero attached hydrogens (tertiary/aromatic N) is 3. The fourth-order valence-electron chi connectivity index (χ4n) is 3.43. The summed E-state index contributed by atoms with van der Waals surface area (Å²) in [6.07, 6.45) is 4.79. The predicted octanol–water partition coefficient (Wildman–Crippen LogP) is 6.05. The van der Waals surface area contributed by atoms with Crippen molar-refractivity contribution in [3.05, 3.63) is 70.1 Å². The Balaban J connectivity index is 1.46. The van der Waals surface area contributed by atoms with Crippen LogP contribution in [0.4, 0.5) is 5.69 Å². The van der Waals surface area contributed by atoms with E-state index in [9.17, 15) is 9.59 Å². The highest BCUT2D eigenvalue weighted by Crippen LogP contribution is 2.33. The molecule has 3 rings (SSSR count). The number of nitriles is 1. The van der Waals surface area contributed by atoms with E-state index < -0.39 is 0 Å². The average molecular weight is 498 g/mol. The molecule has 1 fully saturated rings.